The third-order valence-electron chi connectivity index (χ3n) is 10.6. The van der Waals surface area contributed by atoms with Crippen molar-refractivity contribution < 1.29 is 24.2 Å². The topological polar surface area (TPSA) is 132 Å². The van der Waals surface area contributed by atoms with Gasteiger partial charge in [-0.15, -0.1) is 0 Å². The molecule has 2 aromatic rings. The maximum Gasteiger partial charge on any atom is 0.410 e. The molecule has 4 N–H and O–H groups in total. The van der Waals surface area contributed by atoms with Gasteiger partial charge in [-0.1, -0.05) is 41.4 Å². The molecular weight excluding hydrogens is 655 g/mol. The van der Waals surface area contributed by atoms with Crippen molar-refractivity contribution in [3.8, 4) is 5.75 Å². The van der Waals surface area contributed by atoms with Crippen LogP contribution in [0.2, 0.25) is 10.0 Å². The van der Waals surface area contributed by atoms with E-state index in [1.54, 1.807) is 21.9 Å². The van der Waals surface area contributed by atoms with Crippen molar-refractivity contribution in [1.29, 1.82) is 0 Å². The number of aromatic hydroxyl groups is 1. The number of anilines is 1. The molecule has 260 valence electrons. The molecule has 4 aliphatic rings. The minimum Gasteiger partial charge on any atom is -0.505 e. The van der Waals surface area contributed by atoms with Crippen molar-refractivity contribution >= 4 is 46.9 Å². The highest BCUT2D eigenvalue weighted by molar-refractivity contribution is 6.37. The quantitative estimate of drug-likeness (QED) is 0.382. The number of nitrogens with zero attached hydrogens (tertiary/aromatic N) is 4. The summed E-state index contributed by atoms with van der Waals surface area (Å²) in [4.78, 5) is 48.4. The number of para-hydroxylation sites is 1. The Balaban J connectivity index is 1.08. The van der Waals surface area contributed by atoms with Gasteiger partial charge in [0.2, 0.25) is 0 Å². The van der Waals surface area contributed by atoms with E-state index in [2.05, 4.69) is 17.1 Å². The lowest BCUT2D eigenvalue weighted by Crippen LogP contribution is -2.55. The lowest BCUT2D eigenvalue weighted by atomic mass is 9.89. The average Bonchev–Trinajstić information content (AvgIpc) is 3.24. The number of likely N-dealkylation sites (tertiary alicyclic amines) is 3. The van der Waals surface area contributed by atoms with Crippen molar-refractivity contribution in [2.24, 2.45) is 5.73 Å². The summed E-state index contributed by atoms with van der Waals surface area (Å²) in [6.45, 7) is 6.57. The van der Waals surface area contributed by atoms with Gasteiger partial charge in [0, 0.05) is 75.5 Å². The Hall–Kier alpha value is -3.25. The van der Waals surface area contributed by atoms with E-state index in [1.165, 1.54) is 0 Å². The maximum absolute atomic E-state index is 14.0. The van der Waals surface area contributed by atoms with Crippen LogP contribution in [-0.4, -0.2) is 112 Å². The van der Waals surface area contributed by atoms with Crippen molar-refractivity contribution in [2.45, 2.75) is 82.0 Å². The highest BCUT2D eigenvalue weighted by Crippen LogP contribution is 2.34. The van der Waals surface area contributed by atoms with Crippen LogP contribution in [0.15, 0.2) is 36.4 Å². The summed E-state index contributed by atoms with van der Waals surface area (Å²) in [5.74, 6) is -0.493. The number of rotatable bonds is 6. The first-order valence-electron chi connectivity index (χ1n) is 17.1. The maximum atomic E-state index is 14.0. The van der Waals surface area contributed by atoms with Gasteiger partial charge in [-0.2, -0.15) is 0 Å². The number of urea groups is 1. The molecule has 4 amide bonds. The van der Waals surface area contributed by atoms with Crippen LogP contribution in [0.4, 0.5) is 15.3 Å². The first-order valence-corrected chi connectivity index (χ1v) is 17.8. The standard InChI is InChI=1S/C35H46Cl2N6O5/c1-35(38)11-18-40(19-12-35)25-7-13-41(14-8-25)32(45)30(22-23-20-27(36)31(44)28(37)21-23)48-34(47)42-15-9-26(10-16-42)43-17-6-24-4-2-3-5-29(24)39-33(43)46/h2-5,20-21,25-26,30,44H,6-19,22,38H2,1H3,(H,39,46). The number of fused-ring (bicyclic) bond motifs is 1. The predicted octanol–water partition coefficient (Wildman–Crippen LogP) is 5.11. The fraction of sp³-hybridized carbons (Fsp3) is 0.571. The van der Waals surface area contributed by atoms with Crippen LogP contribution in [0.3, 0.4) is 0 Å². The summed E-state index contributed by atoms with van der Waals surface area (Å²) in [6, 6.07) is 11.2. The summed E-state index contributed by atoms with van der Waals surface area (Å²) >= 11 is 12.4. The molecule has 0 saturated carbocycles. The molecule has 0 bridgehead atoms. The molecule has 6 rings (SSSR count). The van der Waals surface area contributed by atoms with Crippen LogP contribution < -0.4 is 11.1 Å². The second-order valence-electron chi connectivity index (χ2n) is 14.0. The zero-order valence-electron chi connectivity index (χ0n) is 27.5. The van der Waals surface area contributed by atoms with Crippen LogP contribution in [-0.2, 0) is 22.4 Å². The van der Waals surface area contributed by atoms with Crippen molar-refractivity contribution in [1.82, 2.24) is 19.6 Å². The molecule has 1 unspecified atom stereocenters. The molecule has 48 heavy (non-hydrogen) atoms. The fourth-order valence-electron chi connectivity index (χ4n) is 7.48. The van der Waals surface area contributed by atoms with Gasteiger partial charge in [-0.05, 0) is 81.2 Å². The Morgan fingerprint density at radius 3 is 2.23 bits per heavy atom. The molecule has 3 saturated heterocycles. The lowest BCUT2D eigenvalue weighted by Gasteiger charge is -2.44. The van der Waals surface area contributed by atoms with E-state index in [9.17, 15) is 19.5 Å². The molecule has 3 fully saturated rings. The normalized spacial score (nSPS) is 21.7. The molecule has 0 aromatic heterocycles. The highest BCUT2D eigenvalue weighted by Gasteiger charge is 2.37. The predicted molar refractivity (Wildman–Crippen MR) is 186 cm³/mol. The zero-order valence-corrected chi connectivity index (χ0v) is 29.0. The molecule has 0 aliphatic carbocycles. The Morgan fingerprint density at radius 2 is 1.56 bits per heavy atom. The van der Waals surface area contributed by atoms with Crippen LogP contribution in [0, 0.1) is 0 Å². The fourth-order valence-corrected chi connectivity index (χ4v) is 8.01. The zero-order chi connectivity index (χ0) is 34.0. The van der Waals surface area contributed by atoms with E-state index in [4.69, 9.17) is 33.7 Å². The highest BCUT2D eigenvalue weighted by atomic mass is 35.5. The van der Waals surface area contributed by atoms with E-state index in [-0.39, 0.29) is 45.7 Å². The van der Waals surface area contributed by atoms with Gasteiger partial charge in [0.15, 0.2) is 11.9 Å². The van der Waals surface area contributed by atoms with E-state index in [0.29, 0.717) is 57.2 Å². The number of ether oxygens (including phenoxy) is 1. The van der Waals surface area contributed by atoms with Crippen LogP contribution in [0.5, 0.6) is 5.75 Å². The number of carbonyl (C=O) groups excluding carboxylic acids is 3. The number of amides is 4. The van der Waals surface area contributed by atoms with Crippen LogP contribution in [0.25, 0.3) is 0 Å². The molecule has 4 aliphatic heterocycles. The molecule has 0 radical (unpaired) electrons. The third kappa shape index (κ3) is 7.96. The minimum absolute atomic E-state index is 0.0122. The summed E-state index contributed by atoms with van der Waals surface area (Å²) < 4.78 is 5.98. The number of phenolic OH excluding ortho intramolecular Hbond substituents is 1. The van der Waals surface area contributed by atoms with Gasteiger partial charge < -0.3 is 40.5 Å². The average molecular weight is 702 g/mol. The van der Waals surface area contributed by atoms with Gasteiger partial charge in [0.25, 0.3) is 5.91 Å². The summed E-state index contributed by atoms with van der Waals surface area (Å²) in [6.07, 6.45) is 3.97. The molecule has 1 atom stereocenters. The lowest BCUT2D eigenvalue weighted by molar-refractivity contribution is -0.142. The monoisotopic (exact) mass is 700 g/mol. The Labute approximate surface area is 292 Å². The van der Waals surface area contributed by atoms with Gasteiger partial charge in [-0.25, -0.2) is 9.59 Å². The number of carbonyl (C=O) groups is 3. The summed E-state index contributed by atoms with van der Waals surface area (Å²) in [5.41, 5.74) is 8.75. The van der Waals surface area contributed by atoms with Crippen molar-refractivity contribution in [3.05, 3.63) is 57.6 Å². The summed E-state index contributed by atoms with van der Waals surface area (Å²) in [5, 5.41) is 13.2. The molecule has 13 heteroatoms. The molecular formula is C35H46Cl2N6O5. The van der Waals surface area contributed by atoms with Crippen molar-refractivity contribution in [2.75, 3.05) is 51.1 Å². The number of benzene rings is 2. The Bertz CT molecular complexity index is 1480. The second kappa shape index (κ2) is 14.7. The van der Waals surface area contributed by atoms with E-state index < -0.39 is 12.2 Å². The molecule has 4 heterocycles. The van der Waals surface area contributed by atoms with Crippen LogP contribution in [0.1, 0.15) is 56.6 Å². The Kier molecular flexibility index (Phi) is 10.6. The smallest absolute Gasteiger partial charge is 0.410 e. The first kappa shape index (κ1) is 34.6. The number of nitrogens with one attached hydrogen (secondary N) is 1. The van der Waals surface area contributed by atoms with Crippen molar-refractivity contribution in [3.63, 3.8) is 0 Å². The van der Waals surface area contributed by atoms with Gasteiger partial charge in [0.1, 0.15) is 0 Å². The summed E-state index contributed by atoms with van der Waals surface area (Å²) in [7, 11) is 0. The number of nitrogens with two attached hydrogens (primary N) is 1. The van der Waals surface area contributed by atoms with Gasteiger partial charge in [-0.3, -0.25) is 4.79 Å². The number of hydrogen-bond acceptors (Lipinski definition) is 7. The van der Waals surface area contributed by atoms with Gasteiger partial charge >= 0.3 is 12.1 Å². The Morgan fingerprint density at radius 1 is 0.958 bits per heavy atom. The molecule has 11 nitrogen and oxygen atoms in total. The SMILES string of the molecule is CC1(N)CCN(C2CCN(C(=O)C(Cc3cc(Cl)c(O)c(Cl)c3)OC(=O)N3CCC(N4CCc5ccccc5NC4=O)CC3)CC2)CC1. The minimum atomic E-state index is -1.09. The van der Waals surface area contributed by atoms with E-state index in [1.807, 2.05) is 29.2 Å². The number of halogens is 2. The van der Waals surface area contributed by atoms with E-state index >= 15 is 0 Å². The largest absolute Gasteiger partial charge is 0.505 e. The second-order valence-corrected chi connectivity index (χ2v) is 14.8. The number of hydrogen-bond donors (Lipinski definition) is 3. The third-order valence-corrected chi connectivity index (χ3v) is 11.1. The molecule has 0 spiro atoms. The number of piperidine rings is 3. The first-order chi connectivity index (χ1) is 23.0. The van der Waals surface area contributed by atoms with Gasteiger partial charge in [0.05, 0.1) is 10.0 Å². The van der Waals surface area contributed by atoms with Crippen LogP contribution >= 0.6 is 23.2 Å². The number of phenols is 1. The molecule has 2 aromatic carbocycles. The van der Waals surface area contributed by atoms with E-state index in [0.717, 1.165) is 56.4 Å².